The van der Waals surface area contributed by atoms with Crippen LogP contribution in [0.3, 0.4) is 0 Å². The van der Waals surface area contributed by atoms with Crippen molar-refractivity contribution in [3.05, 3.63) is 29.3 Å². The Morgan fingerprint density at radius 2 is 2.00 bits per heavy atom. The van der Waals surface area contributed by atoms with Gasteiger partial charge in [-0.1, -0.05) is 0 Å². The minimum atomic E-state index is -0.434. The number of anilines is 1. The van der Waals surface area contributed by atoms with Gasteiger partial charge in [0.15, 0.2) is 0 Å². The Morgan fingerprint density at radius 3 is 2.71 bits per heavy atom. The van der Waals surface area contributed by atoms with Crippen molar-refractivity contribution in [1.29, 1.82) is 0 Å². The van der Waals surface area contributed by atoms with Crippen LogP contribution in [0.25, 0.3) is 0 Å². The molecule has 3 aliphatic heterocycles. The zero-order valence-corrected chi connectivity index (χ0v) is 17.8. The number of benzene rings is 1. The molecule has 6 nitrogen and oxygen atoms in total. The third-order valence-electron chi connectivity index (χ3n) is 5.78. The topological polar surface area (TPSA) is 69.7 Å². The Hall–Kier alpha value is -1.67. The Bertz CT molecular complexity index is 825. The Kier molecular flexibility index (Phi) is 5.35. The molecular weight excluding hydrogens is 394 g/mol. The third-order valence-corrected chi connectivity index (χ3v) is 8.22. The second-order valence-corrected chi connectivity index (χ2v) is 10.4. The van der Waals surface area contributed by atoms with E-state index < -0.39 is 6.04 Å². The van der Waals surface area contributed by atoms with Crippen LogP contribution in [0.2, 0.25) is 0 Å². The van der Waals surface area contributed by atoms with Crippen molar-refractivity contribution in [3.63, 3.8) is 0 Å². The number of amides is 3. The van der Waals surface area contributed by atoms with Gasteiger partial charge in [0.25, 0.3) is 5.91 Å². The molecule has 4 rings (SSSR count). The second-order valence-electron chi connectivity index (χ2n) is 7.69. The molecule has 0 aliphatic carbocycles. The molecule has 0 aromatic heterocycles. The Labute approximate surface area is 173 Å². The number of hydrogen-bond acceptors (Lipinski definition) is 5. The van der Waals surface area contributed by atoms with Crippen LogP contribution >= 0.6 is 23.5 Å². The lowest BCUT2D eigenvalue weighted by Crippen LogP contribution is -2.48. The van der Waals surface area contributed by atoms with Crippen molar-refractivity contribution in [2.75, 3.05) is 35.7 Å². The molecule has 0 bridgehead atoms. The molecule has 2 unspecified atom stereocenters. The molecule has 2 atom stereocenters. The van der Waals surface area contributed by atoms with Gasteiger partial charge >= 0.3 is 0 Å². The molecule has 3 fully saturated rings. The maximum Gasteiger partial charge on any atom is 0.253 e. The van der Waals surface area contributed by atoms with E-state index in [2.05, 4.69) is 5.32 Å². The average Bonchev–Trinajstić information content (AvgIpc) is 3.19. The van der Waals surface area contributed by atoms with Crippen molar-refractivity contribution >= 4 is 46.9 Å². The van der Waals surface area contributed by atoms with Crippen molar-refractivity contribution in [2.24, 2.45) is 0 Å². The molecule has 3 heterocycles. The maximum absolute atomic E-state index is 12.9. The van der Waals surface area contributed by atoms with E-state index >= 15 is 0 Å². The standard InChI is InChI=1S/C20H25N3O3S2/c1-13-11-14(19(26)22-7-9-27-10-8-22)3-4-15(13)21-18(25)16-12-28-20(2)6-5-17(24)23(16)20/h3-4,11,16H,5-10,12H2,1-2H3,(H,21,25). The van der Waals surface area contributed by atoms with E-state index in [0.717, 1.165) is 36.6 Å². The number of thioether (sulfide) groups is 2. The fourth-order valence-corrected chi connectivity index (χ4v) is 6.45. The largest absolute Gasteiger partial charge is 0.337 e. The number of aryl methyl sites for hydroxylation is 1. The van der Waals surface area contributed by atoms with Crippen molar-refractivity contribution in [3.8, 4) is 0 Å². The van der Waals surface area contributed by atoms with Gasteiger partial charge in [-0.2, -0.15) is 11.8 Å². The van der Waals surface area contributed by atoms with E-state index in [0.29, 0.717) is 23.4 Å². The Morgan fingerprint density at radius 1 is 1.25 bits per heavy atom. The molecule has 1 aromatic carbocycles. The second kappa shape index (κ2) is 7.63. The lowest BCUT2D eigenvalue weighted by atomic mass is 10.1. The zero-order valence-electron chi connectivity index (χ0n) is 16.2. The molecule has 1 N–H and O–H groups in total. The van der Waals surface area contributed by atoms with Crippen LogP contribution in [-0.4, -0.2) is 68.8 Å². The first-order valence-corrected chi connectivity index (χ1v) is 11.8. The van der Waals surface area contributed by atoms with E-state index in [1.54, 1.807) is 28.8 Å². The van der Waals surface area contributed by atoms with E-state index in [4.69, 9.17) is 0 Å². The summed E-state index contributed by atoms with van der Waals surface area (Å²) in [5, 5.41) is 2.97. The molecular formula is C20H25N3O3S2. The summed E-state index contributed by atoms with van der Waals surface area (Å²) in [4.78, 5) is 41.2. The molecule has 3 aliphatic rings. The molecule has 0 radical (unpaired) electrons. The number of hydrogen-bond donors (Lipinski definition) is 1. The molecule has 1 aromatic rings. The van der Waals surface area contributed by atoms with E-state index in [-0.39, 0.29) is 22.6 Å². The summed E-state index contributed by atoms with van der Waals surface area (Å²) in [5.41, 5.74) is 2.20. The summed E-state index contributed by atoms with van der Waals surface area (Å²) in [7, 11) is 0. The summed E-state index contributed by atoms with van der Waals surface area (Å²) in [5.74, 6) is 2.54. The molecule has 3 saturated heterocycles. The molecule has 0 spiro atoms. The van der Waals surface area contributed by atoms with E-state index in [9.17, 15) is 14.4 Å². The third kappa shape index (κ3) is 3.52. The highest BCUT2D eigenvalue weighted by Crippen LogP contribution is 2.47. The van der Waals surface area contributed by atoms with Crippen LogP contribution in [0.5, 0.6) is 0 Å². The lowest BCUT2D eigenvalue weighted by Gasteiger charge is -2.30. The molecule has 3 amide bonds. The summed E-state index contributed by atoms with van der Waals surface area (Å²) in [6, 6.07) is 4.98. The molecule has 150 valence electrons. The number of nitrogens with one attached hydrogen (secondary N) is 1. The van der Waals surface area contributed by atoms with Gasteiger partial charge in [0.2, 0.25) is 11.8 Å². The average molecular weight is 420 g/mol. The Balaban J connectivity index is 1.46. The number of rotatable bonds is 3. The SMILES string of the molecule is Cc1cc(C(=O)N2CCSCC2)ccc1NC(=O)C1CSC2(C)CCC(=O)N12. The molecule has 28 heavy (non-hydrogen) atoms. The van der Waals surface area contributed by atoms with Crippen LogP contribution in [0.1, 0.15) is 35.7 Å². The van der Waals surface area contributed by atoms with Crippen LogP contribution in [-0.2, 0) is 9.59 Å². The van der Waals surface area contributed by atoms with Gasteiger partial charge in [0, 0.05) is 48.0 Å². The number of nitrogens with zero attached hydrogens (tertiary/aromatic N) is 2. The molecule has 8 heteroatoms. The molecule has 0 saturated carbocycles. The smallest absolute Gasteiger partial charge is 0.253 e. The van der Waals surface area contributed by atoms with Gasteiger partial charge in [-0.05, 0) is 44.0 Å². The normalized spacial score (nSPS) is 27.1. The fourth-order valence-electron chi connectivity index (χ4n) is 4.12. The van der Waals surface area contributed by atoms with Gasteiger partial charge in [-0.3, -0.25) is 14.4 Å². The predicted molar refractivity (Wildman–Crippen MR) is 114 cm³/mol. The minimum absolute atomic E-state index is 0.0481. The van der Waals surface area contributed by atoms with E-state index in [1.807, 2.05) is 36.6 Å². The van der Waals surface area contributed by atoms with Crippen molar-refractivity contribution in [2.45, 2.75) is 37.6 Å². The lowest BCUT2D eigenvalue weighted by molar-refractivity contribution is -0.135. The quantitative estimate of drug-likeness (QED) is 0.816. The van der Waals surface area contributed by atoms with Gasteiger partial charge in [-0.25, -0.2) is 0 Å². The monoisotopic (exact) mass is 419 g/mol. The fraction of sp³-hybridized carbons (Fsp3) is 0.550. The van der Waals surface area contributed by atoms with Gasteiger partial charge < -0.3 is 15.1 Å². The van der Waals surface area contributed by atoms with Crippen LogP contribution in [0, 0.1) is 6.92 Å². The highest BCUT2D eigenvalue weighted by molar-refractivity contribution is 8.01. The van der Waals surface area contributed by atoms with Gasteiger partial charge in [0.1, 0.15) is 6.04 Å². The minimum Gasteiger partial charge on any atom is -0.337 e. The maximum atomic E-state index is 12.9. The van der Waals surface area contributed by atoms with Crippen molar-refractivity contribution in [1.82, 2.24) is 9.80 Å². The van der Waals surface area contributed by atoms with Gasteiger partial charge in [-0.15, -0.1) is 11.8 Å². The first-order chi connectivity index (χ1) is 13.4. The van der Waals surface area contributed by atoms with E-state index in [1.165, 1.54) is 0 Å². The highest BCUT2D eigenvalue weighted by Gasteiger charge is 2.52. The van der Waals surface area contributed by atoms with Crippen LogP contribution in [0.15, 0.2) is 18.2 Å². The van der Waals surface area contributed by atoms with Crippen LogP contribution < -0.4 is 5.32 Å². The summed E-state index contributed by atoms with van der Waals surface area (Å²) in [6.07, 6.45) is 1.31. The highest BCUT2D eigenvalue weighted by atomic mass is 32.2. The summed E-state index contributed by atoms with van der Waals surface area (Å²) >= 11 is 3.56. The summed E-state index contributed by atoms with van der Waals surface area (Å²) < 4.78 is 0. The number of carbonyl (C=O) groups excluding carboxylic acids is 3. The number of carbonyl (C=O) groups is 3. The first-order valence-electron chi connectivity index (χ1n) is 9.64. The van der Waals surface area contributed by atoms with Crippen molar-refractivity contribution < 1.29 is 14.4 Å². The summed E-state index contributed by atoms with van der Waals surface area (Å²) in [6.45, 7) is 5.50. The number of fused-ring (bicyclic) bond motifs is 1. The predicted octanol–water partition coefficient (Wildman–Crippen LogP) is 2.58. The van der Waals surface area contributed by atoms with Gasteiger partial charge in [0.05, 0.1) is 4.87 Å². The first kappa shape index (κ1) is 19.6. The van der Waals surface area contributed by atoms with Crippen LogP contribution in [0.4, 0.5) is 5.69 Å². The zero-order chi connectivity index (χ0) is 19.9.